The highest BCUT2D eigenvalue weighted by atomic mass is 35.5. The zero-order valence-electron chi connectivity index (χ0n) is 13.7. The fraction of sp³-hybridized carbons (Fsp3) is 0.294. The maximum absolute atomic E-state index is 12.6. The summed E-state index contributed by atoms with van der Waals surface area (Å²) in [5.41, 5.74) is 6.90. The van der Waals surface area contributed by atoms with Crippen molar-refractivity contribution in [3.63, 3.8) is 0 Å². The first-order valence-corrected chi connectivity index (χ1v) is 8.57. The first-order valence-electron chi connectivity index (χ1n) is 7.69. The van der Waals surface area contributed by atoms with Gasteiger partial charge < -0.3 is 20.7 Å². The van der Waals surface area contributed by atoms with Crippen molar-refractivity contribution < 1.29 is 14.3 Å². The average Bonchev–Trinajstić information content (AvgIpc) is 3.26. The molecule has 2 aromatic rings. The van der Waals surface area contributed by atoms with Crippen molar-refractivity contribution in [3.8, 4) is 5.75 Å². The third-order valence-corrected chi connectivity index (χ3v) is 4.90. The molecule has 134 valence electrons. The molecule has 1 saturated heterocycles. The first kappa shape index (κ1) is 19.1. The Morgan fingerprint density at radius 3 is 2.80 bits per heavy atom. The Kier molecular flexibility index (Phi) is 6.27. The second kappa shape index (κ2) is 8.22. The monoisotopic (exact) mass is 381 g/mol. The van der Waals surface area contributed by atoms with E-state index < -0.39 is 6.04 Å². The number of hydrogen-bond donors (Lipinski definition) is 2. The summed E-state index contributed by atoms with van der Waals surface area (Å²) in [6, 6.07) is 8.25. The lowest BCUT2D eigenvalue weighted by molar-refractivity contribution is -0.119. The van der Waals surface area contributed by atoms with Gasteiger partial charge in [-0.05, 0) is 42.5 Å². The summed E-state index contributed by atoms with van der Waals surface area (Å²) in [6.07, 6.45) is 1.48. The molecule has 2 heterocycles. The highest BCUT2D eigenvalue weighted by Crippen LogP contribution is 2.26. The molecule has 0 saturated carbocycles. The predicted molar refractivity (Wildman–Crippen MR) is 102 cm³/mol. The van der Waals surface area contributed by atoms with Crippen LogP contribution < -0.4 is 15.8 Å². The molecule has 3 N–H and O–H groups in total. The Hall–Kier alpha value is -2.25. The second-order valence-corrected chi connectivity index (χ2v) is 6.53. The highest BCUT2D eigenvalue weighted by molar-refractivity contribution is 7.12. The zero-order valence-corrected chi connectivity index (χ0v) is 15.4. The summed E-state index contributed by atoms with van der Waals surface area (Å²) in [6.45, 7) is 0.597. The molecule has 0 spiro atoms. The Bertz CT molecular complexity index is 752. The van der Waals surface area contributed by atoms with E-state index in [0.29, 0.717) is 35.0 Å². The number of nitrogens with zero attached hydrogens (tertiary/aromatic N) is 1. The van der Waals surface area contributed by atoms with Gasteiger partial charge in [0.15, 0.2) is 0 Å². The number of rotatable bonds is 4. The summed E-state index contributed by atoms with van der Waals surface area (Å²) in [7, 11) is 1.54. The Labute approximate surface area is 156 Å². The van der Waals surface area contributed by atoms with E-state index in [-0.39, 0.29) is 24.2 Å². The van der Waals surface area contributed by atoms with E-state index in [0.717, 1.165) is 6.42 Å². The molecular weight excluding hydrogens is 362 g/mol. The Morgan fingerprint density at radius 1 is 1.36 bits per heavy atom. The number of amides is 2. The van der Waals surface area contributed by atoms with E-state index >= 15 is 0 Å². The van der Waals surface area contributed by atoms with Gasteiger partial charge in [0, 0.05) is 12.2 Å². The highest BCUT2D eigenvalue weighted by Gasteiger charge is 2.34. The predicted octanol–water partition coefficient (Wildman–Crippen LogP) is 3.00. The molecule has 1 aromatic carbocycles. The number of hydrogen-bond acceptors (Lipinski definition) is 5. The molecule has 1 unspecified atom stereocenters. The molecule has 2 amide bonds. The second-order valence-electron chi connectivity index (χ2n) is 5.58. The van der Waals surface area contributed by atoms with Crippen molar-refractivity contribution in [1.82, 2.24) is 4.90 Å². The van der Waals surface area contributed by atoms with Crippen LogP contribution in [0.25, 0.3) is 0 Å². The molecule has 6 nitrogen and oxygen atoms in total. The number of anilines is 2. The molecule has 1 aliphatic heterocycles. The van der Waals surface area contributed by atoms with Crippen LogP contribution in [0, 0.1) is 0 Å². The molecular formula is C17H20ClN3O3S. The number of ether oxygens (including phenoxy) is 1. The minimum atomic E-state index is -0.456. The number of likely N-dealkylation sites (tertiary alicyclic amines) is 1. The summed E-state index contributed by atoms with van der Waals surface area (Å²) < 4.78 is 5.11. The van der Waals surface area contributed by atoms with Crippen LogP contribution in [0.3, 0.4) is 0 Å². The molecule has 0 radical (unpaired) electrons. The first-order chi connectivity index (χ1) is 11.6. The molecule has 1 aliphatic rings. The van der Waals surface area contributed by atoms with Crippen LogP contribution in [0.4, 0.5) is 11.4 Å². The SMILES string of the molecule is COc1ccc(NC(=O)C2CCCN2C(=O)c2cccs2)cc1N.Cl. The maximum Gasteiger partial charge on any atom is 0.264 e. The third-order valence-electron chi connectivity index (χ3n) is 4.05. The van der Waals surface area contributed by atoms with Gasteiger partial charge in [-0.2, -0.15) is 0 Å². The Balaban J connectivity index is 0.00000225. The molecule has 0 bridgehead atoms. The molecule has 8 heteroatoms. The largest absolute Gasteiger partial charge is 0.495 e. The van der Waals surface area contributed by atoms with Gasteiger partial charge in [-0.3, -0.25) is 9.59 Å². The summed E-state index contributed by atoms with van der Waals surface area (Å²) in [5, 5.41) is 4.70. The van der Waals surface area contributed by atoms with Gasteiger partial charge in [0.05, 0.1) is 17.7 Å². The van der Waals surface area contributed by atoms with E-state index in [1.54, 1.807) is 29.2 Å². The summed E-state index contributed by atoms with van der Waals surface area (Å²) in [4.78, 5) is 27.4. The van der Waals surface area contributed by atoms with Crippen LogP contribution in [-0.4, -0.2) is 36.4 Å². The van der Waals surface area contributed by atoms with Gasteiger partial charge in [-0.1, -0.05) is 6.07 Å². The minimum Gasteiger partial charge on any atom is -0.495 e. The van der Waals surface area contributed by atoms with Gasteiger partial charge in [0.1, 0.15) is 11.8 Å². The smallest absolute Gasteiger partial charge is 0.264 e. The van der Waals surface area contributed by atoms with Crippen molar-refractivity contribution in [3.05, 3.63) is 40.6 Å². The van der Waals surface area contributed by atoms with Crippen molar-refractivity contribution in [2.45, 2.75) is 18.9 Å². The number of benzene rings is 1. The van der Waals surface area contributed by atoms with Crippen LogP contribution in [0.15, 0.2) is 35.7 Å². The number of carbonyl (C=O) groups excluding carboxylic acids is 2. The molecule has 0 aliphatic carbocycles. The lowest BCUT2D eigenvalue weighted by atomic mass is 10.2. The van der Waals surface area contributed by atoms with E-state index in [1.807, 2.05) is 11.4 Å². The van der Waals surface area contributed by atoms with Crippen LogP contribution in [0.5, 0.6) is 5.75 Å². The number of nitrogens with one attached hydrogen (secondary N) is 1. The number of methoxy groups -OCH3 is 1. The molecule has 1 fully saturated rings. The van der Waals surface area contributed by atoms with Gasteiger partial charge in [-0.25, -0.2) is 0 Å². The topological polar surface area (TPSA) is 84.7 Å². The number of thiophene rings is 1. The molecule has 3 rings (SSSR count). The van der Waals surface area contributed by atoms with E-state index in [9.17, 15) is 9.59 Å². The number of nitrogens with two attached hydrogens (primary N) is 1. The quantitative estimate of drug-likeness (QED) is 0.797. The van der Waals surface area contributed by atoms with Gasteiger partial charge in [-0.15, -0.1) is 23.7 Å². The van der Waals surface area contributed by atoms with Gasteiger partial charge in [0.2, 0.25) is 5.91 Å². The van der Waals surface area contributed by atoms with Crippen LogP contribution in [-0.2, 0) is 4.79 Å². The van der Waals surface area contributed by atoms with Crippen molar-refractivity contribution in [1.29, 1.82) is 0 Å². The molecule has 1 aromatic heterocycles. The number of halogens is 1. The van der Waals surface area contributed by atoms with Crippen LogP contribution >= 0.6 is 23.7 Å². The number of carbonyl (C=O) groups is 2. The zero-order chi connectivity index (χ0) is 17.1. The third kappa shape index (κ3) is 4.05. The fourth-order valence-electron chi connectivity index (χ4n) is 2.86. The summed E-state index contributed by atoms with van der Waals surface area (Å²) in [5.74, 6) is 0.280. The lowest BCUT2D eigenvalue weighted by Gasteiger charge is -2.23. The van der Waals surface area contributed by atoms with Gasteiger partial charge in [0.25, 0.3) is 5.91 Å². The van der Waals surface area contributed by atoms with Crippen LogP contribution in [0.1, 0.15) is 22.5 Å². The molecule has 1 atom stereocenters. The standard InChI is InChI=1S/C17H19N3O3S.ClH/c1-23-14-7-6-11(10-12(14)18)19-16(21)13-4-2-8-20(13)17(22)15-5-3-9-24-15;/h3,5-7,9-10,13H,2,4,8,18H2,1H3,(H,19,21);1H. The van der Waals surface area contributed by atoms with Crippen LogP contribution in [0.2, 0.25) is 0 Å². The Morgan fingerprint density at radius 2 is 2.16 bits per heavy atom. The normalized spacial score (nSPS) is 16.2. The maximum atomic E-state index is 12.6. The van der Waals surface area contributed by atoms with Gasteiger partial charge >= 0.3 is 0 Å². The number of nitrogen functional groups attached to an aromatic ring is 1. The average molecular weight is 382 g/mol. The van der Waals surface area contributed by atoms with E-state index in [2.05, 4.69) is 5.32 Å². The van der Waals surface area contributed by atoms with Crippen molar-refractivity contribution in [2.75, 3.05) is 24.7 Å². The van der Waals surface area contributed by atoms with E-state index in [1.165, 1.54) is 18.4 Å². The minimum absolute atomic E-state index is 0. The lowest BCUT2D eigenvalue weighted by Crippen LogP contribution is -2.42. The van der Waals surface area contributed by atoms with Crippen molar-refractivity contribution in [2.24, 2.45) is 0 Å². The summed E-state index contributed by atoms with van der Waals surface area (Å²) >= 11 is 1.39. The molecule has 25 heavy (non-hydrogen) atoms. The van der Waals surface area contributed by atoms with E-state index in [4.69, 9.17) is 10.5 Å². The fourth-order valence-corrected chi connectivity index (χ4v) is 3.54. The van der Waals surface area contributed by atoms with Crippen molar-refractivity contribution >= 4 is 46.9 Å².